The van der Waals surface area contributed by atoms with Crippen LogP contribution in [-0.2, 0) is 0 Å². The van der Waals surface area contributed by atoms with Crippen LogP contribution in [0.5, 0.6) is 11.5 Å². The fourth-order valence-corrected chi connectivity index (χ4v) is 2.22. The molecule has 0 fully saturated rings. The lowest BCUT2D eigenvalue weighted by Gasteiger charge is -2.21. The second-order valence-electron chi connectivity index (χ2n) is 4.72. The summed E-state index contributed by atoms with van der Waals surface area (Å²) in [5.41, 5.74) is 0.787. The molecule has 1 N–H and O–H groups in total. The molecule has 2 unspecified atom stereocenters. The Labute approximate surface area is 113 Å². The minimum absolute atomic E-state index is 0.512. The van der Waals surface area contributed by atoms with E-state index in [0.29, 0.717) is 31.1 Å². The van der Waals surface area contributed by atoms with Crippen LogP contribution in [0.4, 0.5) is 0 Å². The molecule has 19 heavy (non-hydrogen) atoms. The lowest BCUT2D eigenvalue weighted by atomic mass is 9.91. The number of hydrogen-bond donors (Lipinski definition) is 1. The molecule has 0 spiro atoms. The lowest BCUT2D eigenvalue weighted by Crippen LogP contribution is -2.19. The monoisotopic (exact) mass is 261 g/mol. The van der Waals surface area contributed by atoms with Crippen LogP contribution in [0.15, 0.2) is 18.2 Å². The van der Waals surface area contributed by atoms with Gasteiger partial charge in [0, 0.05) is 0 Å². The van der Waals surface area contributed by atoms with Crippen molar-refractivity contribution in [2.75, 3.05) is 13.2 Å². The second-order valence-corrected chi connectivity index (χ2v) is 4.72. The number of aliphatic hydroxyl groups is 1. The Morgan fingerprint density at radius 3 is 2.74 bits per heavy atom. The smallest absolute Gasteiger partial charge is 0.161 e. The van der Waals surface area contributed by atoms with E-state index in [1.54, 1.807) is 12.1 Å². The zero-order valence-electron chi connectivity index (χ0n) is 11.1. The van der Waals surface area contributed by atoms with E-state index in [2.05, 4.69) is 13.0 Å². The van der Waals surface area contributed by atoms with E-state index in [1.807, 2.05) is 6.07 Å². The summed E-state index contributed by atoms with van der Waals surface area (Å²) < 4.78 is 11.0. The van der Waals surface area contributed by atoms with Crippen molar-refractivity contribution in [2.45, 2.75) is 38.2 Å². The van der Waals surface area contributed by atoms with E-state index < -0.39 is 12.0 Å². The van der Waals surface area contributed by atoms with E-state index in [1.165, 1.54) is 0 Å². The van der Waals surface area contributed by atoms with Gasteiger partial charge in [0.05, 0.1) is 18.1 Å². The molecule has 2 rings (SSSR count). The van der Waals surface area contributed by atoms with Gasteiger partial charge in [0.2, 0.25) is 0 Å². The quantitative estimate of drug-likeness (QED) is 0.885. The van der Waals surface area contributed by atoms with Crippen molar-refractivity contribution in [1.29, 1.82) is 5.26 Å². The fourth-order valence-electron chi connectivity index (χ4n) is 2.22. The molecule has 0 saturated carbocycles. The molecule has 102 valence electrons. The average molecular weight is 261 g/mol. The van der Waals surface area contributed by atoms with Crippen molar-refractivity contribution >= 4 is 0 Å². The topological polar surface area (TPSA) is 62.5 Å². The molecule has 0 aliphatic carbocycles. The van der Waals surface area contributed by atoms with E-state index >= 15 is 0 Å². The van der Waals surface area contributed by atoms with Gasteiger partial charge >= 0.3 is 0 Å². The molecule has 0 saturated heterocycles. The van der Waals surface area contributed by atoms with Gasteiger partial charge in [-0.2, -0.15) is 5.26 Å². The summed E-state index contributed by atoms with van der Waals surface area (Å²) in [6.45, 7) is 3.14. The third-order valence-electron chi connectivity index (χ3n) is 3.30. The highest BCUT2D eigenvalue weighted by atomic mass is 16.6. The number of nitriles is 1. The zero-order chi connectivity index (χ0) is 13.7. The standard InChI is InChI=1S/C15H19NO3/c1-2-3-4-13(17)12(10-16)11-5-6-14-15(9-11)19-8-7-18-14/h5-6,9,12-13,17H,2-4,7-8H2,1H3. The first-order valence-corrected chi connectivity index (χ1v) is 6.73. The number of aliphatic hydroxyl groups excluding tert-OH is 1. The summed E-state index contributed by atoms with van der Waals surface area (Å²) >= 11 is 0. The van der Waals surface area contributed by atoms with E-state index in [4.69, 9.17) is 9.47 Å². The summed E-state index contributed by atoms with van der Waals surface area (Å²) in [5.74, 6) is 0.851. The van der Waals surface area contributed by atoms with Crippen molar-refractivity contribution < 1.29 is 14.6 Å². The van der Waals surface area contributed by atoms with Crippen LogP contribution >= 0.6 is 0 Å². The SMILES string of the molecule is CCCCC(O)C(C#N)c1ccc2c(c1)OCCO2. The van der Waals surface area contributed by atoms with Gasteiger partial charge in [-0.1, -0.05) is 25.8 Å². The molecular weight excluding hydrogens is 242 g/mol. The molecule has 4 heteroatoms. The zero-order valence-corrected chi connectivity index (χ0v) is 11.1. The van der Waals surface area contributed by atoms with Gasteiger partial charge in [0.1, 0.15) is 13.2 Å². The molecule has 2 atom stereocenters. The third kappa shape index (κ3) is 3.18. The summed E-state index contributed by atoms with van der Waals surface area (Å²) in [4.78, 5) is 0. The summed E-state index contributed by atoms with van der Waals surface area (Å²) in [6, 6.07) is 7.63. The molecule has 1 aromatic carbocycles. The number of rotatable bonds is 5. The average Bonchev–Trinajstić information content (AvgIpc) is 2.45. The highest BCUT2D eigenvalue weighted by Gasteiger charge is 2.22. The number of fused-ring (bicyclic) bond motifs is 1. The van der Waals surface area contributed by atoms with Gasteiger partial charge in [0.15, 0.2) is 11.5 Å². The van der Waals surface area contributed by atoms with Crippen LogP contribution in [0.25, 0.3) is 0 Å². The lowest BCUT2D eigenvalue weighted by molar-refractivity contribution is 0.147. The maximum Gasteiger partial charge on any atom is 0.161 e. The third-order valence-corrected chi connectivity index (χ3v) is 3.30. The van der Waals surface area contributed by atoms with Crippen molar-refractivity contribution in [3.8, 4) is 17.6 Å². The molecule has 1 aliphatic rings. The van der Waals surface area contributed by atoms with Gasteiger partial charge in [0.25, 0.3) is 0 Å². The van der Waals surface area contributed by atoms with Gasteiger partial charge in [-0.05, 0) is 24.1 Å². The van der Waals surface area contributed by atoms with Crippen molar-refractivity contribution in [1.82, 2.24) is 0 Å². The van der Waals surface area contributed by atoms with Crippen molar-refractivity contribution in [3.63, 3.8) is 0 Å². The van der Waals surface area contributed by atoms with E-state index in [0.717, 1.165) is 18.4 Å². The molecule has 1 aromatic rings. The summed E-state index contributed by atoms with van der Waals surface area (Å²) in [7, 11) is 0. The van der Waals surface area contributed by atoms with Crippen LogP contribution in [0, 0.1) is 11.3 Å². The Morgan fingerprint density at radius 2 is 2.05 bits per heavy atom. The van der Waals surface area contributed by atoms with E-state index in [-0.39, 0.29) is 0 Å². The minimum Gasteiger partial charge on any atom is -0.486 e. The number of ether oxygens (including phenoxy) is 2. The largest absolute Gasteiger partial charge is 0.486 e. The van der Waals surface area contributed by atoms with Gasteiger partial charge < -0.3 is 14.6 Å². The van der Waals surface area contributed by atoms with Crippen molar-refractivity contribution in [2.24, 2.45) is 0 Å². The first-order valence-electron chi connectivity index (χ1n) is 6.73. The molecular formula is C15H19NO3. The first-order chi connectivity index (χ1) is 9.26. The van der Waals surface area contributed by atoms with Gasteiger partial charge in [-0.3, -0.25) is 0 Å². The number of nitrogens with zero attached hydrogens (tertiary/aromatic N) is 1. The Balaban J connectivity index is 2.17. The minimum atomic E-state index is -0.632. The van der Waals surface area contributed by atoms with Crippen LogP contribution in [0.2, 0.25) is 0 Å². The Kier molecular flexibility index (Phi) is 4.64. The molecule has 0 aromatic heterocycles. The van der Waals surface area contributed by atoms with Gasteiger partial charge in [-0.25, -0.2) is 0 Å². The molecule has 1 heterocycles. The number of unbranched alkanes of at least 4 members (excludes halogenated alkanes) is 1. The van der Waals surface area contributed by atoms with Crippen molar-refractivity contribution in [3.05, 3.63) is 23.8 Å². The van der Waals surface area contributed by atoms with Gasteiger partial charge in [-0.15, -0.1) is 0 Å². The number of hydrogen-bond acceptors (Lipinski definition) is 4. The molecule has 0 bridgehead atoms. The molecule has 4 nitrogen and oxygen atoms in total. The Morgan fingerprint density at radius 1 is 1.32 bits per heavy atom. The fraction of sp³-hybridized carbons (Fsp3) is 0.533. The highest BCUT2D eigenvalue weighted by Crippen LogP contribution is 2.34. The predicted octanol–water partition coefficient (Wildman–Crippen LogP) is 2.62. The highest BCUT2D eigenvalue weighted by molar-refractivity contribution is 5.46. The summed E-state index contributed by atoms with van der Waals surface area (Å²) in [5, 5.41) is 19.4. The Bertz CT molecular complexity index is 467. The van der Waals surface area contributed by atoms with Crippen LogP contribution < -0.4 is 9.47 Å². The van der Waals surface area contributed by atoms with Crippen LogP contribution in [0.3, 0.4) is 0 Å². The first kappa shape index (κ1) is 13.7. The van der Waals surface area contributed by atoms with E-state index in [9.17, 15) is 10.4 Å². The molecule has 0 radical (unpaired) electrons. The second kappa shape index (κ2) is 6.44. The van der Waals surface area contributed by atoms with Crippen LogP contribution in [0.1, 0.15) is 37.7 Å². The molecule has 0 amide bonds. The summed E-state index contributed by atoms with van der Waals surface area (Å²) in [6.07, 6.45) is 1.94. The maximum atomic E-state index is 10.1. The maximum absolute atomic E-state index is 10.1. The molecule has 1 aliphatic heterocycles. The Hall–Kier alpha value is -1.73. The van der Waals surface area contributed by atoms with Crippen LogP contribution in [-0.4, -0.2) is 24.4 Å². The predicted molar refractivity (Wildman–Crippen MR) is 71.3 cm³/mol. The normalized spacial score (nSPS) is 16.5. The number of benzene rings is 1.